The molecule has 1 aliphatic rings. The van der Waals surface area contributed by atoms with Gasteiger partial charge in [-0.2, -0.15) is 0 Å². The summed E-state index contributed by atoms with van der Waals surface area (Å²) in [6, 6.07) is 4.18. The van der Waals surface area contributed by atoms with Crippen LogP contribution in [0.3, 0.4) is 0 Å². The maximum absolute atomic E-state index is 3.94. The molecule has 0 saturated heterocycles. The van der Waals surface area contributed by atoms with Crippen molar-refractivity contribution < 1.29 is 0 Å². The molecule has 0 nitrogen and oxygen atoms in total. The van der Waals surface area contributed by atoms with Gasteiger partial charge in [0.05, 0.1) is 0 Å². The first-order valence-corrected chi connectivity index (χ1v) is 4.37. The number of hydrogen-bond acceptors (Lipinski definition) is 1. The van der Waals surface area contributed by atoms with Crippen LogP contribution in [0.2, 0.25) is 0 Å². The Morgan fingerprint density at radius 2 is 2.27 bits per heavy atom. The molecule has 0 unspecified atom stereocenters. The molecule has 1 aromatic rings. The van der Waals surface area contributed by atoms with Crippen molar-refractivity contribution >= 4 is 16.9 Å². The van der Waals surface area contributed by atoms with Crippen LogP contribution in [-0.2, 0) is 0 Å². The van der Waals surface area contributed by atoms with E-state index in [0.717, 1.165) is 5.57 Å². The van der Waals surface area contributed by atoms with E-state index in [1.807, 2.05) is 12.2 Å². The zero-order valence-electron chi connectivity index (χ0n) is 6.08. The zero-order chi connectivity index (χ0) is 7.68. The lowest BCUT2D eigenvalue weighted by molar-refractivity contribution is 1.79. The summed E-state index contributed by atoms with van der Waals surface area (Å²) in [5, 5.41) is 2.09. The molecular formula is C10H8S. The molecule has 0 radical (unpaired) electrons. The Balaban J connectivity index is 2.40. The summed E-state index contributed by atoms with van der Waals surface area (Å²) in [7, 11) is 0. The molecule has 1 heteroatoms. The molecule has 0 fully saturated rings. The quantitative estimate of drug-likeness (QED) is 0.591. The summed E-state index contributed by atoms with van der Waals surface area (Å²) in [4.78, 5) is 1.31. The average Bonchev–Trinajstić information content (AvgIpc) is 2.55. The van der Waals surface area contributed by atoms with Gasteiger partial charge in [-0.3, -0.25) is 0 Å². The second kappa shape index (κ2) is 2.51. The summed E-state index contributed by atoms with van der Waals surface area (Å²) in [6.07, 6.45) is 6.18. The molecule has 0 spiro atoms. The van der Waals surface area contributed by atoms with Gasteiger partial charge in [0.2, 0.25) is 0 Å². The first kappa shape index (κ1) is 6.62. The maximum Gasteiger partial charge on any atom is 0.0348 e. The molecule has 2 rings (SSSR count). The third-order valence-electron chi connectivity index (χ3n) is 1.69. The van der Waals surface area contributed by atoms with Gasteiger partial charge in [-0.1, -0.05) is 30.9 Å². The van der Waals surface area contributed by atoms with Crippen LogP contribution in [0.4, 0.5) is 0 Å². The number of rotatable bonds is 1. The molecule has 11 heavy (non-hydrogen) atoms. The Kier molecular flexibility index (Phi) is 1.51. The molecule has 0 saturated carbocycles. The number of thiophene rings is 1. The molecular weight excluding hydrogens is 152 g/mol. The topological polar surface area (TPSA) is 0 Å². The van der Waals surface area contributed by atoms with Gasteiger partial charge in [0.15, 0.2) is 0 Å². The largest absolute Gasteiger partial charge is 0.144 e. The normalized spacial score (nSPS) is 15.6. The first-order valence-electron chi connectivity index (χ1n) is 3.49. The third-order valence-corrected chi connectivity index (χ3v) is 2.60. The molecule has 0 bridgehead atoms. The van der Waals surface area contributed by atoms with Gasteiger partial charge in [0.1, 0.15) is 0 Å². The molecule has 0 aliphatic heterocycles. The van der Waals surface area contributed by atoms with Crippen molar-refractivity contribution in [2.75, 3.05) is 0 Å². The van der Waals surface area contributed by atoms with Crippen LogP contribution in [0.15, 0.2) is 47.9 Å². The van der Waals surface area contributed by atoms with E-state index in [4.69, 9.17) is 0 Å². The fourth-order valence-corrected chi connectivity index (χ4v) is 1.92. The number of allylic oxidation sites excluding steroid dienone is 5. The summed E-state index contributed by atoms with van der Waals surface area (Å²) in [6.45, 7) is 3.94. The minimum atomic E-state index is 1.12. The Bertz CT molecular complexity index is 326. The van der Waals surface area contributed by atoms with Crippen LogP contribution in [-0.4, -0.2) is 0 Å². The molecule has 54 valence electrons. The van der Waals surface area contributed by atoms with E-state index < -0.39 is 0 Å². The predicted octanol–water partition coefficient (Wildman–Crippen LogP) is 3.26. The second-order valence-electron chi connectivity index (χ2n) is 2.44. The van der Waals surface area contributed by atoms with Crippen molar-refractivity contribution in [1.82, 2.24) is 0 Å². The third kappa shape index (κ3) is 1.08. The number of hydrogen-bond donors (Lipinski definition) is 0. The van der Waals surface area contributed by atoms with Gasteiger partial charge in [-0.25, -0.2) is 0 Å². The zero-order valence-corrected chi connectivity index (χ0v) is 6.90. The Labute approximate surface area is 70.2 Å². The highest BCUT2D eigenvalue weighted by Gasteiger charge is 2.06. The van der Waals surface area contributed by atoms with E-state index in [0.29, 0.717) is 0 Å². The first-order chi connectivity index (χ1) is 5.38. The summed E-state index contributed by atoms with van der Waals surface area (Å²) < 4.78 is 0. The monoisotopic (exact) mass is 160 g/mol. The van der Waals surface area contributed by atoms with Crippen LogP contribution in [0.5, 0.6) is 0 Å². The van der Waals surface area contributed by atoms with Crippen LogP contribution in [0, 0.1) is 0 Å². The van der Waals surface area contributed by atoms with Crippen molar-refractivity contribution in [3.8, 4) is 0 Å². The SMILES string of the molecule is C=C1C=CC=C1c1cccs1. The van der Waals surface area contributed by atoms with Gasteiger partial charge >= 0.3 is 0 Å². The van der Waals surface area contributed by atoms with Crippen LogP contribution in [0.25, 0.3) is 5.57 Å². The smallest absolute Gasteiger partial charge is 0.0348 e. The van der Waals surface area contributed by atoms with Crippen molar-refractivity contribution in [2.45, 2.75) is 0 Å². The average molecular weight is 160 g/mol. The van der Waals surface area contributed by atoms with Crippen LogP contribution < -0.4 is 0 Å². The molecule has 0 amide bonds. The predicted molar refractivity (Wildman–Crippen MR) is 50.6 cm³/mol. The van der Waals surface area contributed by atoms with E-state index in [1.165, 1.54) is 10.5 Å². The van der Waals surface area contributed by atoms with Crippen molar-refractivity contribution in [2.24, 2.45) is 0 Å². The molecule has 0 N–H and O–H groups in total. The van der Waals surface area contributed by atoms with Gasteiger partial charge in [0, 0.05) is 4.88 Å². The van der Waals surface area contributed by atoms with Gasteiger partial charge in [-0.05, 0) is 22.6 Å². The lowest BCUT2D eigenvalue weighted by Gasteiger charge is -1.97. The molecule has 1 heterocycles. The fourth-order valence-electron chi connectivity index (χ4n) is 1.13. The fraction of sp³-hybridized carbons (Fsp3) is 0. The van der Waals surface area contributed by atoms with Gasteiger partial charge < -0.3 is 0 Å². The lowest BCUT2D eigenvalue weighted by Crippen LogP contribution is -1.75. The molecule has 0 aromatic carbocycles. The van der Waals surface area contributed by atoms with Crippen molar-refractivity contribution in [3.63, 3.8) is 0 Å². The highest BCUT2D eigenvalue weighted by atomic mass is 32.1. The lowest BCUT2D eigenvalue weighted by atomic mass is 10.1. The Hall–Kier alpha value is -1.08. The van der Waals surface area contributed by atoms with Crippen molar-refractivity contribution in [3.05, 3.63) is 52.8 Å². The second-order valence-corrected chi connectivity index (χ2v) is 3.39. The molecule has 1 aromatic heterocycles. The van der Waals surface area contributed by atoms with Crippen molar-refractivity contribution in [1.29, 1.82) is 0 Å². The summed E-state index contributed by atoms with van der Waals surface area (Å²) in [5.41, 5.74) is 2.38. The Morgan fingerprint density at radius 1 is 1.36 bits per heavy atom. The van der Waals surface area contributed by atoms with E-state index in [1.54, 1.807) is 11.3 Å². The summed E-state index contributed by atoms with van der Waals surface area (Å²) >= 11 is 1.75. The van der Waals surface area contributed by atoms with E-state index in [2.05, 4.69) is 30.2 Å². The summed E-state index contributed by atoms with van der Waals surface area (Å²) in [5.74, 6) is 0. The standard InChI is InChI=1S/C10H8S/c1-8-4-2-5-9(8)10-6-3-7-11-10/h2-7H,1H2. The van der Waals surface area contributed by atoms with E-state index in [-0.39, 0.29) is 0 Å². The van der Waals surface area contributed by atoms with Gasteiger partial charge in [-0.15, -0.1) is 11.3 Å². The van der Waals surface area contributed by atoms with Crippen LogP contribution >= 0.6 is 11.3 Å². The highest BCUT2D eigenvalue weighted by Crippen LogP contribution is 2.29. The minimum absolute atomic E-state index is 1.12. The molecule has 1 aliphatic carbocycles. The Morgan fingerprint density at radius 3 is 2.82 bits per heavy atom. The van der Waals surface area contributed by atoms with E-state index in [9.17, 15) is 0 Å². The highest BCUT2D eigenvalue weighted by molar-refractivity contribution is 7.11. The van der Waals surface area contributed by atoms with Gasteiger partial charge in [0.25, 0.3) is 0 Å². The van der Waals surface area contributed by atoms with E-state index >= 15 is 0 Å². The maximum atomic E-state index is 3.94. The molecule has 0 atom stereocenters. The minimum Gasteiger partial charge on any atom is -0.144 e. The van der Waals surface area contributed by atoms with Crippen LogP contribution in [0.1, 0.15) is 4.88 Å².